The van der Waals surface area contributed by atoms with Crippen molar-refractivity contribution < 1.29 is 0 Å². The molecule has 228 valence electrons. The third-order valence-corrected chi connectivity index (χ3v) is 4.52. The highest BCUT2D eigenvalue weighted by atomic mass is 15.2. The SMILES string of the molecule is C.C.C.CCC.CCCC.CCCN(C)C.CN1CCN(C)CC1.Cc1ccccn1.Cc1cccnc1. The number of unbranched alkanes of at least 4 members (excludes halogenated alkanes) is 1. The Morgan fingerprint density at radius 3 is 1.34 bits per heavy atom. The van der Waals surface area contributed by atoms with Crippen molar-refractivity contribution in [3.05, 3.63) is 60.2 Å². The summed E-state index contributed by atoms with van der Waals surface area (Å²) >= 11 is 0. The molecule has 1 fully saturated rings. The molecule has 3 heterocycles. The number of hydrogen-bond donors (Lipinski definition) is 0. The molecule has 0 atom stereocenters. The number of nitrogens with zero attached hydrogens (tertiary/aromatic N) is 5. The fraction of sp³-hybridized carbons (Fsp3) is 0.697. The summed E-state index contributed by atoms with van der Waals surface area (Å²) in [5.74, 6) is 0. The number of hydrogen-bond acceptors (Lipinski definition) is 5. The zero-order valence-corrected chi connectivity index (χ0v) is 25.2. The van der Waals surface area contributed by atoms with E-state index in [0.717, 1.165) is 5.69 Å². The summed E-state index contributed by atoms with van der Waals surface area (Å²) in [5, 5.41) is 0. The molecular weight excluding hydrogens is 466 g/mol. The average Bonchev–Trinajstić information content (AvgIpc) is 2.84. The van der Waals surface area contributed by atoms with Gasteiger partial charge in [0.05, 0.1) is 0 Å². The van der Waals surface area contributed by atoms with E-state index < -0.39 is 0 Å². The molecule has 0 N–H and O–H groups in total. The molecule has 2 aromatic heterocycles. The second-order valence-corrected chi connectivity index (χ2v) is 9.12. The lowest BCUT2D eigenvalue weighted by Gasteiger charge is -2.28. The summed E-state index contributed by atoms with van der Waals surface area (Å²) in [7, 11) is 8.52. The predicted octanol–water partition coefficient (Wildman–Crippen LogP) is 8.73. The Labute approximate surface area is 242 Å². The highest BCUT2D eigenvalue weighted by Gasteiger charge is 2.07. The Morgan fingerprint density at radius 2 is 1.18 bits per heavy atom. The van der Waals surface area contributed by atoms with E-state index in [2.05, 4.69) is 87.5 Å². The standard InChI is InChI=1S/C6H14N2.2C6H7N.C5H13N.C4H10.C3H8.3CH4/c1-7-3-5-8(2)6-4-7;1-6-3-2-4-7-5-6;1-6-4-2-3-5-7-6;1-4-5-6(2)3;1-3-4-2;1-3-2;;;/h3-6H2,1-2H3;2*2-5H,1H3;4-5H2,1-3H3;3-4H2,1-2H3;3H2,1-2H3;3*1H4. The highest BCUT2D eigenvalue weighted by Crippen LogP contribution is 1.93. The molecule has 0 aliphatic carbocycles. The summed E-state index contributed by atoms with van der Waals surface area (Å²) in [5.41, 5.74) is 2.28. The first-order valence-corrected chi connectivity index (χ1v) is 13.4. The van der Waals surface area contributed by atoms with Crippen molar-refractivity contribution in [2.45, 2.75) is 96.4 Å². The molecule has 0 saturated carbocycles. The first kappa shape index (κ1) is 49.2. The van der Waals surface area contributed by atoms with E-state index in [9.17, 15) is 0 Å². The van der Waals surface area contributed by atoms with E-state index in [1.54, 1.807) is 12.4 Å². The Kier molecular flexibility index (Phi) is 51.3. The van der Waals surface area contributed by atoms with Gasteiger partial charge in [-0.05, 0) is 78.8 Å². The van der Waals surface area contributed by atoms with Crippen LogP contribution in [0.25, 0.3) is 0 Å². The van der Waals surface area contributed by atoms with Gasteiger partial charge in [-0.25, -0.2) is 0 Å². The van der Waals surface area contributed by atoms with Gasteiger partial charge in [0.25, 0.3) is 0 Å². The number of rotatable bonds is 3. The van der Waals surface area contributed by atoms with Crippen LogP contribution in [0.5, 0.6) is 0 Å². The normalized spacial score (nSPS) is 11.6. The van der Waals surface area contributed by atoms with Crippen LogP contribution in [0, 0.1) is 13.8 Å². The summed E-state index contributed by atoms with van der Waals surface area (Å²) in [6.45, 7) is 20.9. The van der Waals surface area contributed by atoms with Crippen molar-refractivity contribution in [3.8, 4) is 0 Å². The molecule has 5 nitrogen and oxygen atoms in total. The van der Waals surface area contributed by atoms with Gasteiger partial charge < -0.3 is 14.7 Å². The van der Waals surface area contributed by atoms with Crippen LogP contribution in [0.3, 0.4) is 0 Å². The van der Waals surface area contributed by atoms with Crippen LogP contribution >= 0.6 is 0 Å². The van der Waals surface area contributed by atoms with Crippen LogP contribution in [0.15, 0.2) is 48.9 Å². The molecule has 1 aliphatic rings. The van der Waals surface area contributed by atoms with Crippen molar-refractivity contribution >= 4 is 0 Å². The molecule has 1 aliphatic heterocycles. The van der Waals surface area contributed by atoms with Crippen molar-refractivity contribution in [1.82, 2.24) is 24.7 Å². The molecule has 0 radical (unpaired) electrons. The first-order valence-electron chi connectivity index (χ1n) is 13.4. The number of likely N-dealkylation sites (N-methyl/N-ethyl adjacent to an activating group) is 2. The quantitative estimate of drug-likeness (QED) is 0.391. The molecule has 1 saturated heterocycles. The Hall–Kier alpha value is -1.82. The molecule has 3 rings (SSSR count). The largest absolute Gasteiger partial charge is 0.309 e. The molecule has 0 aromatic carbocycles. The van der Waals surface area contributed by atoms with Crippen molar-refractivity contribution in [3.63, 3.8) is 0 Å². The van der Waals surface area contributed by atoms with Crippen LogP contribution in [0.2, 0.25) is 0 Å². The maximum atomic E-state index is 3.98. The molecule has 0 bridgehead atoms. The van der Waals surface area contributed by atoms with Crippen LogP contribution in [-0.2, 0) is 0 Å². The smallest absolute Gasteiger partial charge is 0.0372 e. The minimum absolute atomic E-state index is 0. The average molecular weight is 538 g/mol. The Bertz CT molecular complexity index is 548. The second-order valence-electron chi connectivity index (χ2n) is 9.12. The maximum absolute atomic E-state index is 3.98. The number of pyridine rings is 2. The van der Waals surface area contributed by atoms with Crippen LogP contribution in [0.4, 0.5) is 0 Å². The maximum Gasteiger partial charge on any atom is 0.0372 e. The molecule has 38 heavy (non-hydrogen) atoms. The van der Waals surface area contributed by atoms with Gasteiger partial charge in [-0.15, -0.1) is 0 Å². The fourth-order valence-corrected chi connectivity index (χ4v) is 2.25. The summed E-state index contributed by atoms with van der Waals surface area (Å²) < 4.78 is 0. The summed E-state index contributed by atoms with van der Waals surface area (Å²) in [4.78, 5) is 14.8. The molecule has 0 spiro atoms. The minimum atomic E-state index is 0. The van der Waals surface area contributed by atoms with Crippen LogP contribution < -0.4 is 0 Å². The third kappa shape index (κ3) is 47.4. The molecule has 0 amide bonds. The first-order chi connectivity index (χ1) is 16.7. The van der Waals surface area contributed by atoms with E-state index in [1.165, 1.54) is 64.0 Å². The number of aromatic nitrogens is 2. The molecular formula is C33H71N5. The highest BCUT2D eigenvalue weighted by molar-refractivity contribution is 5.04. The zero-order chi connectivity index (χ0) is 27.3. The van der Waals surface area contributed by atoms with E-state index in [4.69, 9.17) is 0 Å². The topological polar surface area (TPSA) is 35.5 Å². The minimum Gasteiger partial charge on any atom is -0.309 e. The van der Waals surface area contributed by atoms with Crippen molar-refractivity contribution in [1.29, 1.82) is 0 Å². The van der Waals surface area contributed by atoms with E-state index in [-0.39, 0.29) is 22.3 Å². The summed E-state index contributed by atoms with van der Waals surface area (Å²) in [6.07, 6.45) is 10.5. The number of piperazine rings is 1. The van der Waals surface area contributed by atoms with Crippen molar-refractivity contribution in [2.24, 2.45) is 0 Å². The Balaban J connectivity index is -0.0000000816. The van der Waals surface area contributed by atoms with E-state index in [1.807, 2.05) is 50.4 Å². The van der Waals surface area contributed by atoms with Gasteiger partial charge >= 0.3 is 0 Å². The number of aryl methyl sites for hydroxylation is 2. The fourth-order valence-electron chi connectivity index (χ4n) is 2.25. The lowest BCUT2D eigenvalue weighted by molar-refractivity contribution is 0.181. The summed E-state index contributed by atoms with van der Waals surface area (Å²) in [6, 6.07) is 9.80. The van der Waals surface area contributed by atoms with Gasteiger partial charge in [0.15, 0.2) is 0 Å². The van der Waals surface area contributed by atoms with Gasteiger partial charge in [-0.1, -0.05) is 88.3 Å². The molecule has 5 heteroatoms. The Morgan fingerprint density at radius 1 is 0.711 bits per heavy atom. The lowest BCUT2D eigenvalue weighted by atomic mass is 10.3. The van der Waals surface area contributed by atoms with Gasteiger partial charge in [0.1, 0.15) is 0 Å². The van der Waals surface area contributed by atoms with Gasteiger partial charge in [0, 0.05) is 50.5 Å². The van der Waals surface area contributed by atoms with Crippen LogP contribution in [0.1, 0.15) is 93.8 Å². The second kappa shape index (κ2) is 39.7. The molecule has 0 unspecified atom stereocenters. The van der Waals surface area contributed by atoms with Crippen molar-refractivity contribution in [2.75, 3.05) is 60.9 Å². The van der Waals surface area contributed by atoms with Gasteiger partial charge in [0.2, 0.25) is 0 Å². The van der Waals surface area contributed by atoms with E-state index in [0.29, 0.717) is 0 Å². The van der Waals surface area contributed by atoms with Gasteiger partial charge in [-0.2, -0.15) is 0 Å². The van der Waals surface area contributed by atoms with Crippen LogP contribution in [-0.4, -0.2) is 85.6 Å². The third-order valence-electron chi connectivity index (χ3n) is 4.52. The lowest BCUT2D eigenvalue weighted by Crippen LogP contribution is -2.42. The van der Waals surface area contributed by atoms with E-state index >= 15 is 0 Å². The molecule has 2 aromatic rings. The zero-order valence-electron chi connectivity index (χ0n) is 25.2. The monoisotopic (exact) mass is 538 g/mol. The predicted molar refractivity (Wildman–Crippen MR) is 179 cm³/mol. The van der Waals surface area contributed by atoms with Gasteiger partial charge in [-0.3, -0.25) is 9.97 Å².